The molecule has 0 unspecified atom stereocenters. The fraction of sp³-hybridized carbons (Fsp3) is 0.375. The first-order valence-electron chi connectivity index (χ1n) is 3.99. The largest absolute Gasteiger partial charge is 0.372 e. The van der Waals surface area contributed by atoms with Crippen LogP contribution >= 0.6 is 0 Å². The highest BCUT2D eigenvalue weighted by atomic mass is 16.6. The molecule has 76 valence electrons. The normalized spacial score (nSPS) is 9.93. The van der Waals surface area contributed by atoms with Crippen LogP contribution in [-0.4, -0.2) is 24.0 Å². The third kappa shape index (κ3) is 1.73. The van der Waals surface area contributed by atoms with Crippen LogP contribution in [0.3, 0.4) is 0 Å². The first kappa shape index (κ1) is 10.2. The fourth-order valence-electron chi connectivity index (χ4n) is 1.18. The summed E-state index contributed by atoms with van der Waals surface area (Å²) in [6.07, 6.45) is 0. The van der Waals surface area contributed by atoms with Crippen molar-refractivity contribution in [2.24, 2.45) is 0 Å². The van der Waals surface area contributed by atoms with Gasteiger partial charge in [-0.3, -0.25) is 14.9 Å². The minimum absolute atomic E-state index is 0.316. The molecule has 0 saturated heterocycles. The smallest absolute Gasteiger partial charge is 0.356 e. The molecular weight excluding hydrogens is 186 g/mol. The Morgan fingerprint density at radius 1 is 1.50 bits per heavy atom. The van der Waals surface area contributed by atoms with Gasteiger partial charge in [-0.25, -0.2) is 0 Å². The molecule has 1 N–H and O–H groups in total. The van der Waals surface area contributed by atoms with Crippen molar-refractivity contribution in [1.82, 2.24) is 4.98 Å². The SMILES string of the molecule is Cc1cc(N(C)C)c([N+](=O)[O-])c(=O)[nH]1. The molecule has 1 aromatic heterocycles. The second-order valence-corrected chi connectivity index (χ2v) is 3.17. The second-order valence-electron chi connectivity index (χ2n) is 3.17. The maximum Gasteiger partial charge on any atom is 0.356 e. The van der Waals surface area contributed by atoms with E-state index < -0.39 is 16.2 Å². The molecule has 1 aromatic rings. The van der Waals surface area contributed by atoms with Crippen molar-refractivity contribution in [3.63, 3.8) is 0 Å². The molecule has 0 bridgehead atoms. The first-order valence-corrected chi connectivity index (χ1v) is 3.99. The molecule has 0 spiro atoms. The molecule has 1 rings (SSSR count). The van der Waals surface area contributed by atoms with Gasteiger partial charge in [-0.05, 0) is 13.0 Å². The highest BCUT2D eigenvalue weighted by Gasteiger charge is 2.20. The summed E-state index contributed by atoms with van der Waals surface area (Å²) in [6, 6.07) is 1.57. The fourth-order valence-corrected chi connectivity index (χ4v) is 1.18. The molecule has 0 aliphatic carbocycles. The molecule has 0 aliphatic rings. The van der Waals surface area contributed by atoms with E-state index in [1.165, 1.54) is 0 Å². The van der Waals surface area contributed by atoms with Gasteiger partial charge in [-0.15, -0.1) is 0 Å². The van der Waals surface area contributed by atoms with E-state index in [2.05, 4.69) is 4.98 Å². The van der Waals surface area contributed by atoms with Crippen LogP contribution in [0.4, 0.5) is 11.4 Å². The third-order valence-electron chi connectivity index (χ3n) is 1.79. The Morgan fingerprint density at radius 2 is 2.07 bits per heavy atom. The van der Waals surface area contributed by atoms with Crippen LogP contribution in [0.25, 0.3) is 0 Å². The molecule has 14 heavy (non-hydrogen) atoms. The molecule has 0 saturated carbocycles. The van der Waals surface area contributed by atoms with Crippen LogP contribution in [0, 0.1) is 17.0 Å². The maximum atomic E-state index is 11.3. The average Bonchev–Trinajstić information content (AvgIpc) is 2.01. The second kappa shape index (κ2) is 3.49. The lowest BCUT2D eigenvalue weighted by molar-refractivity contribution is -0.385. The predicted octanol–water partition coefficient (Wildman–Crippen LogP) is 0.658. The summed E-state index contributed by atoms with van der Waals surface area (Å²) in [4.78, 5) is 25.2. The molecule has 1 heterocycles. The molecule has 0 fully saturated rings. The summed E-state index contributed by atoms with van der Waals surface area (Å²) in [7, 11) is 3.31. The van der Waals surface area contributed by atoms with Gasteiger partial charge in [0.25, 0.3) is 0 Å². The van der Waals surface area contributed by atoms with Gasteiger partial charge in [-0.1, -0.05) is 0 Å². The number of aryl methyl sites for hydroxylation is 1. The van der Waals surface area contributed by atoms with E-state index in [0.29, 0.717) is 11.4 Å². The lowest BCUT2D eigenvalue weighted by Crippen LogP contribution is -2.19. The van der Waals surface area contributed by atoms with Crippen LogP contribution in [0.15, 0.2) is 10.9 Å². The Morgan fingerprint density at radius 3 is 2.50 bits per heavy atom. The van der Waals surface area contributed by atoms with Crippen LogP contribution in [0.5, 0.6) is 0 Å². The molecule has 0 aliphatic heterocycles. The zero-order valence-electron chi connectivity index (χ0n) is 8.20. The number of aromatic amines is 1. The molecule has 0 aromatic carbocycles. The van der Waals surface area contributed by atoms with Crippen molar-refractivity contribution in [1.29, 1.82) is 0 Å². The number of pyridine rings is 1. The van der Waals surface area contributed by atoms with Crippen LogP contribution in [-0.2, 0) is 0 Å². The molecule has 6 nitrogen and oxygen atoms in total. The summed E-state index contributed by atoms with van der Waals surface area (Å²) >= 11 is 0. The van der Waals surface area contributed by atoms with Crippen molar-refractivity contribution in [3.05, 3.63) is 32.2 Å². The number of hydrogen-bond acceptors (Lipinski definition) is 4. The van der Waals surface area contributed by atoms with Gasteiger partial charge in [0.05, 0.1) is 4.92 Å². The summed E-state index contributed by atoms with van der Waals surface area (Å²) in [6.45, 7) is 1.68. The number of rotatable bonds is 2. The monoisotopic (exact) mass is 197 g/mol. The lowest BCUT2D eigenvalue weighted by Gasteiger charge is -2.12. The van der Waals surface area contributed by atoms with Crippen LogP contribution in [0.1, 0.15) is 5.69 Å². The zero-order chi connectivity index (χ0) is 10.9. The Kier molecular flexibility index (Phi) is 2.55. The number of anilines is 1. The van der Waals surface area contributed by atoms with Gasteiger partial charge in [0.1, 0.15) is 5.69 Å². The van der Waals surface area contributed by atoms with Gasteiger partial charge < -0.3 is 9.88 Å². The topological polar surface area (TPSA) is 79.2 Å². The number of H-pyrrole nitrogens is 1. The summed E-state index contributed by atoms with van der Waals surface area (Å²) < 4.78 is 0. The van der Waals surface area contributed by atoms with Gasteiger partial charge in [0.2, 0.25) is 0 Å². The van der Waals surface area contributed by atoms with E-state index in [1.807, 2.05) is 0 Å². The molecule has 6 heteroatoms. The molecular formula is C8H11N3O3. The van der Waals surface area contributed by atoms with Crippen molar-refractivity contribution < 1.29 is 4.92 Å². The molecule has 0 atom stereocenters. The van der Waals surface area contributed by atoms with E-state index in [9.17, 15) is 14.9 Å². The van der Waals surface area contributed by atoms with Gasteiger partial charge >= 0.3 is 11.2 Å². The van der Waals surface area contributed by atoms with Crippen LogP contribution in [0.2, 0.25) is 0 Å². The predicted molar refractivity (Wildman–Crippen MR) is 52.8 cm³/mol. The van der Waals surface area contributed by atoms with Gasteiger partial charge in [-0.2, -0.15) is 0 Å². The Hall–Kier alpha value is -1.85. The standard InChI is InChI=1S/C8H11N3O3/c1-5-4-6(10(2)3)7(11(13)14)8(12)9-5/h4H,1-3H3,(H,9,12). The van der Waals surface area contributed by atoms with Crippen molar-refractivity contribution in [3.8, 4) is 0 Å². The number of nitrogens with zero attached hydrogens (tertiary/aromatic N) is 2. The first-order chi connectivity index (χ1) is 6.43. The van der Waals surface area contributed by atoms with E-state index in [1.54, 1.807) is 32.0 Å². The van der Waals surface area contributed by atoms with E-state index in [4.69, 9.17) is 0 Å². The summed E-state index contributed by atoms with van der Waals surface area (Å²) in [5.74, 6) is 0. The number of nitro groups is 1. The van der Waals surface area contributed by atoms with Crippen molar-refractivity contribution in [2.75, 3.05) is 19.0 Å². The lowest BCUT2D eigenvalue weighted by atomic mass is 10.3. The zero-order valence-corrected chi connectivity index (χ0v) is 8.20. The maximum absolute atomic E-state index is 11.3. The van der Waals surface area contributed by atoms with E-state index in [-0.39, 0.29) is 0 Å². The Labute approximate surface area is 80.3 Å². The van der Waals surface area contributed by atoms with Crippen molar-refractivity contribution >= 4 is 11.4 Å². The summed E-state index contributed by atoms with van der Waals surface area (Å²) in [5, 5.41) is 10.6. The van der Waals surface area contributed by atoms with Crippen LogP contribution < -0.4 is 10.5 Å². The van der Waals surface area contributed by atoms with Gasteiger partial charge in [0, 0.05) is 19.8 Å². The minimum atomic E-state index is -0.673. The molecule has 0 amide bonds. The van der Waals surface area contributed by atoms with Gasteiger partial charge in [0.15, 0.2) is 0 Å². The minimum Gasteiger partial charge on any atom is -0.372 e. The number of nitrogens with one attached hydrogen (secondary N) is 1. The molecule has 0 radical (unpaired) electrons. The third-order valence-corrected chi connectivity index (χ3v) is 1.79. The quantitative estimate of drug-likeness (QED) is 0.557. The average molecular weight is 197 g/mol. The van der Waals surface area contributed by atoms with Crippen molar-refractivity contribution in [2.45, 2.75) is 6.92 Å². The highest BCUT2D eigenvalue weighted by molar-refractivity contribution is 5.61. The summed E-state index contributed by atoms with van der Waals surface area (Å²) in [5.41, 5.74) is -0.167. The van der Waals surface area contributed by atoms with E-state index >= 15 is 0 Å². The Balaban J connectivity index is 3.53. The van der Waals surface area contributed by atoms with E-state index in [0.717, 1.165) is 0 Å². The number of hydrogen-bond donors (Lipinski definition) is 1. The number of aromatic nitrogens is 1. The highest BCUT2D eigenvalue weighted by Crippen LogP contribution is 2.21. The Bertz CT molecular complexity index is 422.